The zero-order valence-corrected chi connectivity index (χ0v) is 14.5. The fourth-order valence-electron chi connectivity index (χ4n) is 1.94. The van der Waals surface area contributed by atoms with Gasteiger partial charge in [-0.05, 0) is 78.4 Å². The van der Waals surface area contributed by atoms with Crippen molar-refractivity contribution in [3.8, 4) is 5.75 Å². The van der Waals surface area contributed by atoms with Gasteiger partial charge in [0.05, 0.1) is 6.04 Å². The van der Waals surface area contributed by atoms with Crippen molar-refractivity contribution in [2.45, 2.75) is 26.0 Å². The summed E-state index contributed by atoms with van der Waals surface area (Å²) in [6, 6.07) is 13.4. The highest BCUT2D eigenvalue weighted by molar-refractivity contribution is 14.1. The van der Waals surface area contributed by atoms with Crippen LogP contribution in [0.3, 0.4) is 0 Å². The molecule has 0 bridgehead atoms. The standard InChI is InChI=1S/C17H17FINO2/c1-11(13-3-5-14(18)6-4-13)20-17(21)12(2)22-16-9-7-15(19)8-10-16/h3-12H,1-2H3,(H,20,21)/t11-,12-/m1/s1. The van der Waals surface area contributed by atoms with Gasteiger partial charge in [0, 0.05) is 3.57 Å². The van der Waals surface area contributed by atoms with E-state index in [0.29, 0.717) is 5.75 Å². The molecule has 0 saturated heterocycles. The molecule has 5 heteroatoms. The molecule has 0 aromatic heterocycles. The van der Waals surface area contributed by atoms with Gasteiger partial charge < -0.3 is 10.1 Å². The Bertz CT molecular complexity index is 628. The molecule has 2 aromatic rings. The molecular formula is C17H17FINO2. The third-order valence-corrected chi connectivity index (χ3v) is 3.94. The van der Waals surface area contributed by atoms with Crippen molar-refractivity contribution in [2.75, 3.05) is 0 Å². The van der Waals surface area contributed by atoms with E-state index in [0.717, 1.165) is 9.13 Å². The molecule has 2 atom stereocenters. The Balaban J connectivity index is 1.93. The molecule has 0 radical (unpaired) electrons. The Kier molecular flexibility index (Phi) is 5.76. The van der Waals surface area contributed by atoms with E-state index in [1.165, 1.54) is 12.1 Å². The molecule has 0 fully saturated rings. The molecule has 0 heterocycles. The van der Waals surface area contributed by atoms with Crippen LogP contribution in [0.25, 0.3) is 0 Å². The predicted octanol–water partition coefficient (Wildman–Crippen LogP) is 4.08. The zero-order chi connectivity index (χ0) is 16.1. The first-order valence-corrected chi connectivity index (χ1v) is 8.01. The van der Waals surface area contributed by atoms with Gasteiger partial charge in [-0.3, -0.25) is 4.79 Å². The average Bonchev–Trinajstić information content (AvgIpc) is 2.50. The Morgan fingerprint density at radius 1 is 1.09 bits per heavy atom. The van der Waals surface area contributed by atoms with Gasteiger partial charge in [-0.15, -0.1) is 0 Å². The number of amides is 1. The molecule has 0 aliphatic rings. The molecule has 1 amide bonds. The topological polar surface area (TPSA) is 38.3 Å². The summed E-state index contributed by atoms with van der Waals surface area (Å²) in [5, 5.41) is 2.86. The van der Waals surface area contributed by atoms with Gasteiger partial charge in [-0.2, -0.15) is 0 Å². The number of carbonyl (C=O) groups is 1. The van der Waals surface area contributed by atoms with Crippen LogP contribution in [-0.2, 0) is 4.79 Å². The predicted molar refractivity (Wildman–Crippen MR) is 92.2 cm³/mol. The first-order chi connectivity index (χ1) is 10.5. The summed E-state index contributed by atoms with van der Waals surface area (Å²) in [5.41, 5.74) is 0.844. The average molecular weight is 413 g/mol. The summed E-state index contributed by atoms with van der Waals surface area (Å²) in [6.07, 6.45) is -0.608. The van der Waals surface area contributed by atoms with Crippen LogP contribution in [0.5, 0.6) is 5.75 Å². The van der Waals surface area contributed by atoms with Gasteiger partial charge >= 0.3 is 0 Å². The second-order valence-corrected chi connectivity index (χ2v) is 6.24. The molecule has 116 valence electrons. The minimum Gasteiger partial charge on any atom is -0.481 e. The van der Waals surface area contributed by atoms with E-state index in [1.807, 2.05) is 31.2 Å². The number of halogens is 2. The number of rotatable bonds is 5. The first kappa shape index (κ1) is 16.7. The second-order valence-electron chi connectivity index (χ2n) is 5.00. The quantitative estimate of drug-likeness (QED) is 0.751. The minimum atomic E-state index is -0.608. The lowest BCUT2D eigenvalue weighted by Crippen LogP contribution is -2.37. The van der Waals surface area contributed by atoms with Crippen LogP contribution in [0, 0.1) is 9.39 Å². The summed E-state index contributed by atoms with van der Waals surface area (Å²) >= 11 is 2.21. The highest BCUT2D eigenvalue weighted by Gasteiger charge is 2.17. The molecule has 0 aliphatic heterocycles. The van der Waals surface area contributed by atoms with Crippen molar-refractivity contribution in [2.24, 2.45) is 0 Å². The summed E-state index contributed by atoms with van der Waals surface area (Å²) in [4.78, 5) is 12.2. The molecule has 0 aliphatic carbocycles. The highest BCUT2D eigenvalue weighted by Crippen LogP contribution is 2.16. The Hall–Kier alpha value is -1.63. The summed E-state index contributed by atoms with van der Waals surface area (Å²) in [6.45, 7) is 3.55. The molecular weight excluding hydrogens is 396 g/mol. The van der Waals surface area contributed by atoms with Crippen molar-refractivity contribution in [3.63, 3.8) is 0 Å². The molecule has 2 aromatic carbocycles. The van der Waals surface area contributed by atoms with Crippen LogP contribution in [0.15, 0.2) is 48.5 Å². The second kappa shape index (κ2) is 7.58. The van der Waals surface area contributed by atoms with Crippen LogP contribution in [0.1, 0.15) is 25.5 Å². The van der Waals surface area contributed by atoms with E-state index < -0.39 is 6.10 Å². The van der Waals surface area contributed by atoms with Gasteiger partial charge in [-0.25, -0.2) is 4.39 Å². The van der Waals surface area contributed by atoms with Gasteiger partial charge in [0.15, 0.2) is 6.10 Å². The SMILES string of the molecule is C[C@@H](Oc1ccc(I)cc1)C(=O)N[C@H](C)c1ccc(F)cc1. The lowest BCUT2D eigenvalue weighted by Gasteiger charge is -2.19. The summed E-state index contributed by atoms with van der Waals surface area (Å²) in [7, 11) is 0. The zero-order valence-electron chi connectivity index (χ0n) is 12.3. The molecule has 2 rings (SSSR count). The fraction of sp³-hybridized carbons (Fsp3) is 0.235. The van der Waals surface area contributed by atoms with E-state index in [4.69, 9.17) is 4.74 Å². The fourth-order valence-corrected chi connectivity index (χ4v) is 2.30. The lowest BCUT2D eigenvalue weighted by atomic mass is 10.1. The van der Waals surface area contributed by atoms with E-state index >= 15 is 0 Å². The Morgan fingerprint density at radius 2 is 1.68 bits per heavy atom. The number of hydrogen-bond donors (Lipinski definition) is 1. The molecule has 0 spiro atoms. The summed E-state index contributed by atoms with van der Waals surface area (Å²) in [5.74, 6) is 0.144. The van der Waals surface area contributed by atoms with Crippen LogP contribution in [0.2, 0.25) is 0 Å². The van der Waals surface area contributed by atoms with Crippen LogP contribution >= 0.6 is 22.6 Å². The van der Waals surface area contributed by atoms with Gasteiger partial charge in [0.25, 0.3) is 5.91 Å². The Morgan fingerprint density at radius 3 is 2.27 bits per heavy atom. The van der Waals surface area contributed by atoms with Crippen LogP contribution in [-0.4, -0.2) is 12.0 Å². The normalized spacial score (nSPS) is 13.3. The van der Waals surface area contributed by atoms with Crippen molar-refractivity contribution < 1.29 is 13.9 Å². The van der Waals surface area contributed by atoms with Crippen LogP contribution in [0.4, 0.5) is 4.39 Å². The maximum Gasteiger partial charge on any atom is 0.261 e. The van der Waals surface area contributed by atoms with E-state index in [9.17, 15) is 9.18 Å². The number of carbonyl (C=O) groups excluding carboxylic acids is 1. The smallest absolute Gasteiger partial charge is 0.261 e. The maximum absolute atomic E-state index is 12.9. The third kappa shape index (κ3) is 4.69. The van der Waals surface area contributed by atoms with Gasteiger partial charge in [-0.1, -0.05) is 12.1 Å². The first-order valence-electron chi connectivity index (χ1n) is 6.94. The number of hydrogen-bond acceptors (Lipinski definition) is 2. The van der Waals surface area contributed by atoms with Crippen molar-refractivity contribution in [1.29, 1.82) is 0 Å². The third-order valence-electron chi connectivity index (χ3n) is 3.22. The van der Waals surface area contributed by atoms with Crippen LogP contribution < -0.4 is 10.1 Å². The largest absolute Gasteiger partial charge is 0.481 e. The number of nitrogens with one attached hydrogen (secondary N) is 1. The lowest BCUT2D eigenvalue weighted by molar-refractivity contribution is -0.127. The van der Waals surface area contributed by atoms with E-state index in [1.54, 1.807) is 19.1 Å². The van der Waals surface area contributed by atoms with Gasteiger partial charge in [0.2, 0.25) is 0 Å². The van der Waals surface area contributed by atoms with E-state index in [-0.39, 0.29) is 17.8 Å². The number of ether oxygens (including phenoxy) is 1. The monoisotopic (exact) mass is 413 g/mol. The molecule has 0 unspecified atom stereocenters. The van der Waals surface area contributed by atoms with Crippen molar-refractivity contribution in [1.82, 2.24) is 5.32 Å². The maximum atomic E-state index is 12.9. The van der Waals surface area contributed by atoms with Crippen molar-refractivity contribution in [3.05, 3.63) is 63.5 Å². The minimum absolute atomic E-state index is 0.212. The molecule has 3 nitrogen and oxygen atoms in total. The molecule has 22 heavy (non-hydrogen) atoms. The molecule has 0 saturated carbocycles. The highest BCUT2D eigenvalue weighted by atomic mass is 127. The summed E-state index contributed by atoms with van der Waals surface area (Å²) < 4.78 is 19.6. The Labute approximate surface area is 143 Å². The number of benzene rings is 2. The van der Waals surface area contributed by atoms with Gasteiger partial charge in [0.1, 0.15) is 11.6 Å². The van der Waals surface area contributed by atoms with Crippen molar-refractivity contribution >= 4 is 28.5 Å². The van der Waals surface area contributed by atoms with E-state index in [2.05, 4.69) is 27.9 Å². The molecule has 1 N–H and O–H groups in total.